The van der Waals surface area contributed by atoms with E-state index in [1.165, 1.54) is 35.6 Å². The van der Waals surface area contributed by atoms with Crippen molar-refractivity contribution in [2.24, 2.45) is 0 Å². The van der Waals surface area contributed by atoms with E-state index < -0.39 is 11.7 Å². The number of hydrogen-bond donors (Lipinski definition) is 1. The summed E-state index contributed by atoms with van der Waals surface area (Å²) in [6, 6.07) is 9.77. The molecule has 0 atom stereocenters. The van der Waals surface area contributed by atoms with E-state index in [4.69, 9.17) is 11.6 Å². The van der Waals surface area contributed by atoms with Gasteiger partial charge in [0, 0.05) is 17.5 Å². The van der Waals surface area contributed by atoms with Crippen LogP contribution in [0, 0.1) is 11.6 Å². The average molecular weight is 365 g/mol. The van der Waals surface area contributed by atoms with Crippen LogP contribution in [0.4, 0.5) is 13.9 Å². The number of hydrogen-bond acceptors (Lipinski definition) is 3. The molecule has 3 nitrogen and oxygen atoms in total. The van der Waals surface area contributed by atoms with Gasteiger partial charge in [0.25, 0.3) is 5.91 Å². The third-order valence-corrected chi connectivity index (χ3v) is 4.47. The van der Waals surface area contributed by atoms with Crippen LogP contribution in [0.3, 0.4) is 0 Å². The molecular weight excluding hydrogens is 354 g/mol. The summed E-state index contributed by atoms with van der Waals surface area (Å²) < 4.78 is 25.9. The van der Waals surface area contributed by atoms with E-state index in [9.17, 15) is 13.6 Å². The third kappa shape index (κ3) is 3.96. The zero-order valence-corrected chi connectivity index (χ0v) is 13.8. The summed E-state index contributed by atoms with van der Waals surface area (Å²) in [5.41, 5.74) is 1.12. The van der Waals surface area contributed by atoms with Gasteiger partial charge in [-0.25, -0.2) is 13.8 Å². The topological polar surface area (TPSA) is 42.0 Å². The molecule has 1 N–H and O–H groups in total. The van der Waals surface area contributed by atoms with Crippen LogP contribution >= 0.6 is 22.9 Å². The van der Waals surface area contributed by atoms with Crippen molar-refractivity contribution in [2.45, 2.75) is 6.42 Å². The lowest BCUT2D eigenvalue weighted by Crippen LogP contribution is -2.12. The van der Waals surface area contributed by atoms with Gasteiger partial charge in [-0.15, -0.1) is 11.3 Å². The Morgan fingerprint density at radius 3 is 2.54 bits per heavy atom. The Morgan fingerprint density at radius 1 is 1.12 bits per heavy atom. The van der Waals surface area contributed by atoms with Crippen molar-refractivity contribution in [3.63, 3.8) is 0 Å². The van der Waals surface area contributed by atoms with Crippen LogP contribution in [0.2, 0.25) is 5.02 Å². The van der Waals surface area contributed by atoms with E-state index in [1.807, 2.05) is 0 Å². The Hall–Kier alpha value is -2.31. The van der Waals surface area contributed by atoms with Gasteiger partial charge in [-0.1, -0.05) is 23.7 Å². The summed E-state index contributed by atoms with van der Waals surface area (Å²) in [4.78, 5) is 17.2. The molecule has 0 aliphatic heterocycles. The Morgan fingerprint density at radius 2 is 1.83 bits per heavy atom. The number of aromatic nitrogens is 1. The fourth-order valence-corrected chi connectivity index (χ4v) is 3.18. The first-order valence-corrected chi connectivity index (χ1v) is 8.16. The number of anilines is 1. The molecule has 24 heavy (non-hydrogen) atoms. The number of halogens is 3. The van der Waals surface area contributed by atoms with Gasteiger partial charge in [0.05, 0.1) is 10.6 Å². The number of amides is 1. The first-order chi connectivity index (χ1) is 11.5. The first kappa shape index (κ1) is 16.5. The highest BCUT2D eigenvalue weighted by molar-refractivity contribution is 7.15. The van der Waals surface area contributed by atoms with Crippen LogP contribution in [0.25, 0.3) is 0 Å². The molecule has 0 saturated heterocycles. The van der Waals surface area contributed by atoms with Crippen LogP contribution in [-0.2, 0) is 6.42 Å². The molecule has 2 aromatic carbocycles. The van der Waals surface area contributed by atoms with Gasteiger partial charge in [-0.3, -0.25) is 10.1 Å². The van der Waals surface area contributed by atoms with E-state index in [0.717, 1.165) is 16.5 Å². The molecule has 3 aromatic rings. The monoisotopic (exact) mass is 364 g/mol. The maximum Gasteiger partial charge on any atom is 0.258 e. The maximum atomic E-state index is 13.0. The van der Waals surface area contributed by atoms with Gasteiger partial charge in [0.1, 0.15) is 11.6 Å². The summed E-state index contributed by atoms with van der Waals surface area (Å²) in [7, 11) is 0. The molecule has 0 aliphatic carbocycles. The summed E-state index contributed by atoms with van der Waals surface area (Å²) in [6.45, 7) is 0. The molecule has 0 unspecified atom stereocenters. The lowest BCUT2D eigenvalue weighted by atomic mass is 10.1. The van der Waals surface area contributed by atoms with Crippen molar-refractivity contribution in [3.8, 4) is 0 Å². The molecule has 7 heteroatoms. The summed E-state index contributed by atoms with van der Waals surface area (Å²) >= 11 is 7.18. The van der Waals surface area contributed by atoms with Crippen LogP contribution < -0.4 is 5.32 Å². The average Bonchev–Trinajstić information content (AvgIpc) is 2.96. The normalized spacial score (nSPS) is 10.6. The smallest absolute Gasteiger partial charge is 0.258 e. The number of rotatable bonds is 4. The van der Waals surface area contributed by atoms with Crippen LogP contribution in [0.5, 0.6) is 0 Å². The molecule has 0 fully saturated rings. The Balaban J connectivity index is 1.69. The number of thiazole rings is 1. The van der Waals surface area contributed by atoms with Gasteiger partial charge in [-0.05, 0) is 35.9 Å². The Kier molecular flexibility index (Phi) is 4.87. The number of nitrogens with one attached hydrogen (secondary N) is 1. The minimum Gasteiger partial charge on any atom is -0.298 e. The highest BCUT2D eigenvalue weighted by Crippen LogP contribution is 2.23. The molecule has 0 aliphatic rings. The predicted octanol–water partition coefficient (Wildman–Crippen LogP) is 4.92. The summed E-state index contributed by atoms with van der Waals surface area (Å²) in [6.07, 6.45) is 2.24. The highest BCUT2D eigenvalue weighted by Gasteiger charge is 2.13. The molecule has 0 spiro atoms. The minimum atomic E-state index is -0.507. The molecule has 3 rings (SSSR count). The molecule has 0 saturated carbocycles. The zero-order valence-electron chi connectivity index (χ0n) is 12.2. The number of carbonyl (C=O) groups is 1. The van der Waals surface area contributed by atoms with Gasteiger partial charge >= 0.3 is 0 Å². The zero-order chi connectivity index (χ0) is 17.1. The van der Waals surface area contributed by atoms with Gasteiger partial charge in [0.2, 0.25) is 0 Å². The van der Waals surface area contributed by atoms with Crippen molar-refractivity contribution >= 4 is 34.0 Å². The second-order valence-corrected chi connectivity index (χ2v) is 6.54. The molecule has 0 bridgehead atoms. The number of nitrogens with zero attached hydrogens (tertiary/aromatic N) is 1. The quantitative estimate of drug-likeness (QED) is 0.714. The second kappa shape index (κ2) is 7.07. The summed E-state index contributed by atoms with van der Waals surface area (Å²) in [5.74, 6) is -1.25. The fourth-order valence-electron chi connectivity index (χ4n) is 2.09. The SMILES string of the molecule is O=C(Nc1ncc(Cc2ccc(F)cc2)s1)c1ccc(F)cc1Cl. The number of carbonyl (C=O) groups excluding carboxylic acids is 1. The van der Waals surface area contributed by atoms with E-state index in [0.29, 0.717) is 11.6 Å². The Bertz CT molecular complexity index is 881. The second-order valence-electron chi connectivity index (χ2n) is 5.01. The van der Waals surface area contributed by atoms with Crippen LogP contribution in [-0.4, -0.2) is 10.9 Å². The van der Waals surface area contributed by atoms with Gasteiger partial charge < -0.3 is 0 Å². The minimum absolute atomic E-state index is 0.0376. The van der Waals surface area contributed by atoms with Crippen molar-refractivity contribution < 1.29 is 13.6 Å². The van der Waals surface area contributed by atoms with Crippen molar-refractivity contribution in [3.05, 3.63) is 81.3 Å². The maximum absolute atomic E-state index is 13.0. The van der Waals surface area contributed by atoms with E-state index >= 15 is 0 Å². The fraction of sp³-hybridized carbons (Fsp3) is 0.0588. The summed E-state index contributed by atoms with van der Waals surface area (Å²) in [5, 5.41) is 3.09. The van der Waals surface area contributed by atoms with Gasteiger partial charge in [-0.2, -0.15) is 0 Å². The van der Waals surface area contributed by atoms with Crippen molar-refractivity contribution in [1.29, 1.82) is 0 Å². The van der Waals surface area contributed by atoms with Crippen LogP contribution in [0.15, 0.2) is 48.7 Å². The first-order valence-electron chi connectivity index (χ1n) is 6.97. The standard InChI is InChI=1S/C17H11ClF2N2OS/c18-15-8-12(20)5-6-14(15)16(23)22-17-21-9-13(24-17)7-10-1-3-11(19)4-2-10/h1-6,8-9H,7H2,(H,21,22,23). The molecule has 122 valence electrons. The largest absolute Gasteiger partial charge is 0.298 e. The Labute approximate surface area is 145 Å². The third-order valence-electron chi connectivity index (χ3n) is 3.24. The predicted molar refractivity (Wildman–Crippen MR) is 90.7 cm³/mol. The number of benzene rings is 2. The molecular formula is C17H11ClF2N2OS. The lowest BCUT2D eigenvalue weighted by molar-refractivity contribution is 0.102. The van der Waals surface area contributed by atoms with E-state index in [1.54, 1.807) is 18.3 Å². The highest BCUT2D eigenvalue weighted by atomic mass is 35.5. The van der Waals surface area contributed by atoms with E-state index in [2.05, 4.69) is 10.3 Å². The molecule has 1 amide bonds. The molecule has 1 aromatic heterocycles. The molecule has 1 heterocycles. The van der Waals surface area contributed by atoms with Gasteiger partial charge in [0.15, 0.2) is 5.13 Å². The molecule has 0 radical (unpaired) electrons. The van der Waals surface area contributed by atoms with E-state index in [-0.39, 0.29) is 16.4 Å². The van der Waals surface area contributed by atoms with Crippen molar-refractivity contribution in [1.82, 2.24) is 4.98 Å². The lowest BCUT2D eigenvalue weighted by Gasteiger charge is -2.03. The van der Waals surface area contributed by atoms with Crippen LogP contribution in [0.1, 0.15) is 20.8 Å². The van der Waals surface area contributed by atoms with Crippen molar-refractivity contribution in [2.75, 3.05) is 5.32 Å².